The molecule has 3 heterocycles. The van der Waals surface area contributed by atoms with Crippen LogP contribution in [-0.4, -0.2) is 34.6 Å². The van der Waals surface area contributed by atoms with E-state index in [1.807, 2.05) is 0 Å². The standard InChI is InChI=1S/C24H18F3N3O4S/c25-24(26,27)16-2-1-3-18-15(16)9-19(35-18)22(33)28-10-12-4-5-14-13(8-12)11-30(23(14)34)17-6-7-20(31)29-21(17)32/h1-5,8-9,17H,6-7,10-11H2,(H,28,33)(H,29,31,32). The van der Waals surface area contributed by atoms with Crippen LogP contribution in [0.15, 0.2) is 42.5 Å². The minimum atomic E-state index is -4.52. The summed E-state index contributed by atoms with van der Waals surface area (Å²) in [5, 5.41) is 4.95. The summed E-state index contributed by atoms with van der Waals surface area (Å²) >= 11 is 0.982. The average molecular weight is 501 g/mol. The van der Waals surface area contributed by atoms with Gasteiger partial charge < -0.3 is 10.2 Å². The second kappa shape index (κ2) is 8.49. The van der Waals surface area contributed by atoms with Crippen LogP contribution in [0.4, 0.5) is 13.2 Å². The number of carbonyl (C=O) groups is 4. The first-order valence-electron chi connectivity index (χ1n) is 10.8. The number of amides is 4. The molecule has 35 heavy (non-hydrogen) atoms. The van der Waals surface area contributed by atoms with Crippen molar-refractivity contribution in [3.63, 3.8) is 0 Å². The molecule has 1 fully saturated rings. The number of rotatable bonds is 4. The fraction of sp³-hybridized carbons (Fsp3) is 0.250. The molecule has 1 saturated heterocycles. The number of benzene rings is 2. The quantitative estimate of drug-likeness (QED) is 0.534. The minimum Gasteiger partial charge on any atom is -0.347 e. The highest BCUT2D eigenvalue weighted by molar-refractivity contribution is 7.20. The Bertz CT molecular complexity index is 1400. The molecule has 0 spiro atoms. The first kappa shape index (κ1) is 23.0. The van der Waals surface area contributed by atoms with Crippen LogP contribution in [0.3, 0.4) is 0 Å². The molecule has 4 amide bonds. The van der Waals surface area contributed by atoms with Crippen LogP contribution in [0.5, 0.6) is 0 Å². The van der Waals surface area contributed by atoms with Crippen molar-refractivity contribution < 1.29 is 32.3 Å². The van der Waals surface area contributed by atoms with E-state index in [1.165, 1.54) is 23.1 Å². The average Bonchev–Trinajstić information content (AvgIpc) is 3.38. The number of nitrogens with zero attached hydrogens (tertiary/aromatic N) is 1. The summed E-state index contributed by atoms with van der Waals surface area (Å²) in [6.07, 6.45) is -4.09. The van der Waals surface area contributed by atoms with E-state index in [4.69, 9.17) is 0 Å². The van der Waals surface area contributed by atoms with E-state index in [-0.39, 0.29) is 48.0 Å². The molecule has 180 valence electrons. The van der Waals surface area contributed by atoms with E-state index < -0.39 is 29.6 Å². The molecular formula is C24H18F3N3O4S. The maximum absolute atomic E-state index is 13.3. The van der Waals surface area contributed by atoms with Crippen molar-refractivity contribution in [1.29, 1.82) is 0 Å². The summed E-state index contributed by atoms with van der Waals surface area (Å²) in [5.74, 6) is -1.65. The summed E-state index contributed by atoms with van der Waals surface area (Å²) in [7, 11) is 0. The van der Waals surface area contributed by atoms with Crippen molar-refractivity contribution in [3.8, 4) is 0 Å². The van der Waals surface area contributed by atoms with E-state index in [0.29, 0.717) is 21.4 Å². The Morgan fingerprint density at radius 3 is 2.69 bits per heavy atom. The lowest BCUT2D eigenvalue weighted by Gasteiger charge is -2.29. The lowest BCUT2D eigenvalue weighted by atomic mass is 10.0. The van der Waals surface area contributed by atoms with E-state index in [2.05, 4.69) is 10.6 Å². The molecular weight excluding hydrogens is 483 g/mol. The molecule has 1 atom stereocenters. The van der Waals surface area contributed by atoms with Gasteiger partial charge in [-0.25, -0.2) is 0 Å². The van der Waals surface area contributed by atoms with Crippen LogP contribution in [0.25, 0.3) is 10.1 Å². The zero-order valence-corrected chi connectivity index (χ0v) is 18.9. The van der Waals surface area contributed by atoms with Crippen LogP contribution in [0.1, 0.15) is 49.6 Å². The molecule has 1 aromatic heterocycles. The number of alkyl halides is 3. The topological polar surface area (TPSA) is 95.6 Å². The Morgan fingerprint density at radius 2 is 1.94 bits per heavy atom. The monoisotopic (exact) mass is 501 g/mol. The van der Waals surface area contributed by atoms with Crippen LogP contribution >= 0.6 is 11.3 Å². The van der Waals surface area contributed by atoms with Gasteiger partial charge in [-0.1, -0.05) is 18.2 Å². The summed E-state index contributed by atoms with van der Waals surface area (Å²) in [6.45, 7) is 0.317. The highest BCUT2D eigenvalue weighted by atomic mass is 32.1. The van der Waals surface area contributed by atoms with Gasteiger partial charge in [-0.15, -0.1) is 11.3 Å². The predicted molar refractivity (Wildman–Crippen MR) is 120 cm³/mol. The molecule has 3 aromatic rings. The van der Waals surface area contributed by atoms with Gasteiger partial charge in [-0.05, 0) is 41.8 Å². The number of piperidine rings is 1. The minimum absolute atomic E-state index is 0.0141. The molecule has 0 bridgehead atoms. The van der Waals surface area contributed by atoms with Crippen LogP contribution < -0.4 is 10.6 Å². The number of imide groups is 1. The van der Waals surface area contributed by atoms with Gasteiger partial charge in [-0.3, -0.25) is 24.5 Å². The molecule has 5 rings (SSSR count). The predicted octanol–water partition coefficient (Wildman–Crippen LogP) is 3.61. The summed E-state index contributed by atoms with van der Waals surface area (Å²) in [6, 6.07) is 9.43. The molecule has 0 aliphatic carbocycles. The third-order valence-electron chi connectivity index (χ3n) is 6.13. The van der Waals surface area contributed by atoms with Crippen molar-refractivity contribution in [2.75, 3.05) is 0 Å². The lowest BCUT2D eigenvalue weighted by Crippen LogP contribution is -2.52. The third-order valence-corrected chi connectivity index (χ3v) is 7.23. The fourth-order valence-corrected chi connectivity index (χ4v) is 5.43. The van der Waals surface area contributed by atoms with Gasteiger partial charge in [0.1, 0.15) is 6.04 Å². The first-order chi connectivity index (χ1) is 16.6. The Morgan fingerprint density at radius 1 is 1.14 bits per heavy atom. The van der Waals surface area contributed by atoms with Gasteiger partial charge in [0.2, 0.25) is 11.8 Å². The van der Waals surface area contributed by atoms with Crippen LogP contribution in [0.2, 0.25) is 0 Å². The number of hydrogen-bond donors (Lipinski definition) is 2. The molecule has 2 aromatic carbocycles. The molecule has 2 aliphatic heterocycles. The Labute approximate surface area is 200 Å². The second-order valence-corrected chi connectivity index (χ2v) is 9.48. The number of nitrogens with one attached hydrogen (secondary N) is 2. The molecule has 0 radical (unpaired) electrons. The Hall–Kier alpha value is -3.73. The number of halogens is 3. The van der Waals surface area contributed by atoms with E-state index >= 15 is 0 Å². The van der Waals surface area contributed by atoms with Gasteiger partial charge in [0, 0.05) is 35.2 Å². The Kier molecular flexibility index (Phi) is 5.59. The van der Waals surface area contributed by atoms with Crippen LogP contribution in [0, 0.1) is 0 Å². The first-order valence-corrected chi connectivity index (χ1v) is 11.6. The molecule has 2 aliphatic rings. The van der Waals surface area contributed by atoms with Gasteiger partial charge in [0.25, 0.3) is 11.8 Å². The van der Waals surface area contributed by atoms with Crippen molar-refractivity contribution in [2.45, 2.75) is 38.1 Å². The van der Waals surface area contributed by atoms with E-state index in [0.717, 1.165) is 17.4 Å². The molecule has 11 heteroatoms. The van der Waals surface area contributed by atoms with Crippen molar-refractivity contribution in [3.05, 3.63) is 69.6 Å². The Balaban J connectivity index is 1.28. The number of thiophene rings is 1. The van der Waals surface area contributed by atoms with Crippen molar-refractivity contribution in [1.82, 2.24) is 15.5 Å². The maximum Gasteiger partial charge on any atom is 0.417 e. The number of hydrogen-bond acceptors (Lipinski definition) is 5. The molecule has 0 saturated carbocycles. The fourth-order valence-electron chi connectivity index (χ4n) is 4.43. The van der Waals surface area contributed by atoms with Gasteiger partial charge in [0.15, 0.2) is 0 Å². The molecule has 1 unspecified atom stereocenters. The SMILES string of the molecule is O=C1CCC(N2Cc3cc(CNC(=O)c4cc5c(C(F)(F)F)cccc5s4)ccc3C2=O)C(=O)N1. The normalized spacial score (nSPS) is 18.1. The third kappa shape index (κ3) is 4.27. The highest BCUT2D eigenvalue weighted by Gasteiger charge is 2.39. The zero-order valence-electron chi connectivity index (χ0n) is 18.1. The zero-order chi connectivity index (χ0) is 24.9. The highest BCUT2D eigenvalue weighted by Crippen LogP contribution is 2.38. The van der Waals surface area contributed by atoms with Crippen molar-refractivity contribution >= 4 is 45.1 Å². The largest absolute Gasteiger partial charge is 0.417 e. The maximum atomic E-state index is 13.3. The van der Waals surface area contributed by atoms with Crippen molar-refractivity contribution in [2.24, 2.45) is 0 Å². The van der Waals surface area contributed by atoms with Gasteiger partial charge in [-0.2, -0.15) is 13.2 Å². The lowest BCUT2D eigenvalue weighted by molar-refractivity contribution is -0.137. The van der Waals surface area contributed by atoms with E-state index in [9.17, 15) is 32.3 Å². The number of carbonyl (C=O) groups excluding carboxylic acids is 4. The van der Waals surface area contributed by atoms with Gasteiger partial charge in [0.05, 0.1) is 10.4 Å². The summed E-state index contributed by atoms with van der Waals surface area (Å²) in [5.41, 5.74) is 1.07. The van der Waals surface area contributed by atoms with E-state index in [1.54, 1.807) is 18.2 Å². The second-order valence-electron chi connectivity index (χ2n) is 8.40. The summed E-state index contributed by atoms with van der Waals surface area (Å²) in [4.78, 5) is 50.6. The summed E-state index contributed by atoms with van der Waals surface area (Å²) < 4.78 is 40.1. The van der Waals surface area contributed by atoms with Crippen LogP contribution in [-0.2, 0) is 28.9 Å². The molecule has 7 nitrogen and oxygen atoms in total. The van der Waals surface area contributed by atoms with Gasteiger partial charge >= 0.3 is 6.18 Å². The number of fused-ring (bicyclic) bond motifs is 2. The smallest absolute Gasteiger partial charge is 0.347 e. The molecule has 2 N–H and O–H groups in total.